The van der Waals surface area contributed by atoms with Crippen LogP contribution in [0, 0.1) is 0 Å². The highest BCUT2D eigenvalue weighted by atomic mass is 16.2. The Balaban J connectivity index is 2.51. The molecule has 0 spiro atoms. The number of amides is 2. The van der Waals surface area contributed by atoms with Crippen molar-refractivity contribution in [1.29, 1.82) is 0 Å². The quantitative estimate of drug-likeness (QED) is 0.579. The molecule has 0 aromatic carbocycles. The van der Waals surface area contributed by atoms with Gasteiger partial charge in [-0.1, -0.05) is 6.58 Å². The predicted molar refractivity (Wildman–Crippen MR) is 42.9 cm³/mol. The van der Waals surface area contributed by atoms with Gasteiger partial charge in [0.05, 0.1) is 6.42 Å². The van der Waals surface area contributed by atoms with E-state index in [0.717, 1.165) is 5.12 Å². The number of rotatable bonds is 2. The number of carbonyl (C=O) groups excluding carboxylic acids is 2. The lowest BCUT2D eigenvalue weighted by Crippen LogP contribution is -2.40. The van der Waals surface area contributed by atoms with Crippen molar-refractivity contribution in [3.05, 3.63) is 12.2 Å². The van der Waals surface area contributed by atoms with Crippen molar-refractivity contribution in [3.63, 3.8) is 0 Å². The molecule has 0 aromatic rings. The van der Waals surface area contributed by atoms with E-state index in [0.29, 0.717) is 5.57 Å². The van der Waals surface area contributed by atoms with Crippen LogP contribution in [0.2, 0.25) is 0 Å². The Kier molecular flexibility index (Phi) is 2.23. The fourth-order valence-electron chi connectivity index (χ4n) is 0.634. The Morgan fingerprint density at radius 3 is 2.92 bits per heavy atom. The van der Waals surface area contributed by atoms with E-state index in [-0.39, 0.29) is 12.3 Å². The minimum absolute atomic E-state index is 0.233. The fourth-order valence-corrected chi connectivity index (χ4v) is 0.634. The minimum atomic E-state index is -0.401. The van der Waals surface area contributed by atoms with E-state index in [2.05, 4.69) is 17.1 Å². The zero-order chi connectivity index (χ0) is 9.14. The highest BCUT2D eigenvalue weighted by Gasteiger charge is 2.18. The maximum atomic E-state index is 11.0. The van der Waals surface area contributed by atoms with Crippen molar-refractivity contribution in [1.82, 2.24) is 10.5 Å². The Hall–Kier alpha value is -1.65. The zero-order valence-electron chi connectivity index (χ0n) is 6.70. The third-order valence-electron chi connectivity index (χ3n) is 1.29. The first-order valence-electron chi connectivity index (χ1n) is 3.43. The smallest absolute Gasteiger partial charge is 0.267 e. The average Bonchev–Trinajstić information content (AvgIpc) is 2.36. The topological polar surface area (TPSA) is 61.8 Å². The minimum Gasteiger partial charge on any atom is -0.271 e. The second-order valence-electron chi connectivity index (χ2n) is 2.43. The van der Waals surface area contributed by atoms with Gasteiger partial charge in [-0.2, -0.15) is 5.10 Å². The maximum Gasteiger partial charge on any atom is 0.267 e. The standard InChI is InChI=1S/C7H9N3O2/c1-5(2)7(12)9-10-6(11)3-4-8-10/h4H,1,3H2,2H3,(H,9,12). The first kappa shape index (κ1) is 8.45. The normalized spacial score (nSPS) is 15.1. The molecule has 1 heterocycles. The summed E-state index contributed by atoms with van der Waals surface area (Å²) in [6.45, 7) is 4.98. The fraction of sp³-hybridized carbons (Fsp3) is 0.286. The Bertz CT molecular complexity index is 270. The maximum absolute atomic E-state index is 11.0. The lowest BCUT2D eigenvalue weighted by molar-refractivity contribution is -0.137. The molecule has 1 N–H and O–H groups in total. The summed E-state index contributed by atoms with van der Waals surface area (Å²) in [6, 6.07) is 0. The van der Waals surface area contributed by atoms with E-state index in [9.17, 15) is 9.59 Å². The number of nitrogens with one attached hydrogen (secondary N) is 1. The number of hydrazine groups is 1. The molecule has 5 nitrogen and oxygen atoms in total. The van der Waals surface area contributed by atoms with Gasteiger partial charge in [0, 0.05) is 11.8 Å². The lowest BCUT2D eigenvalue weighted by atomic mass is 10.3. The van der Waals surface area contributed by atoms with Crippen molar-refractivity contribution < 1.29 is 9.59 Å². The molecule has 2 amide bonds. The number of hydrazone groups is 1. The summed E-state index contributed by atoms with van der Waals surface area (Å²) in [5.74, 6) is -0.646. The van der Waals surface area contributed by atoms with Crippen LogP contribution < -0.4 is 5.43 Å². The monoisotopic (exact) mass is 167 g/mol. The summed E-state index contributed by atoms with van der Waals surface area (Å²) in [5, 5.41) is 4.54. The average molecular weight is 167 g/mol. The van der Waals surface area contributed by atoms with Gasteiger partial charge in [0.2, 0.25) is 0 Å². The molecule has 0 unspecified atom stereocenters. The summed E-state index contributed by atoms with van der Waals surface area (Å²) >= 11 is 0. The molecule has 1 aliphatic rings. The van der Waals surface area contributed by atoms with E-state index in [1.807, 2.05) is 0 Å². The van der Waals surface area contributed by atoms with E-state index in [1.165, 1.54) is 6.21 Å². The van der Waals surface area contributed by atoms with Crippen LogP contribution >= 0.6 is 0 Å². The Morgan fingerprint density at radius 1 is 1.83 bits per heavy atom. The molecule has 0 saturated heterocycles. The largest absolute Gasteiger partial charge is 0.271 e. The van der Waals surface area contributed by atoms with Crippen molar-refractivity contribution >= 4 is 18.0 Å². The van der Waals surface area contributed by atoms with Gasteiger partial charge >= 0.3 is 0 Å². The van der Waals surface area contributed by atoms with Gasteiger partial charge in [0.1, 0.15) is 0 Å². The molecule has 0 radical (unpaired) electrons. The van der Waals surface area contributed by atoms with Crippen LogP contribution in [0.3, 0.4) is 0 Å². The third kappa shape index (κ3) is 1.69. The lowest BCUT2D eigenvalue weighted by Gasteiger charge is -2.12. The van der Waals surface area contributed by atoms with Crippen LogP contribution in [-0.2, 0) is 9.59 Å². The first-order valence-corrected chi connectivity index (χ1v) is 3.43. The van der Waals surface area contributed by atoms with Gasteiger partial charge < -0.3 is 0 Å². The van der Waals surface area contributed by atoms with E-state index in [1.54, 1.807) is 6.92 Å². The highest BCUT2D eigenvalue weighted by molar-refractivity contribution is 5.97. The van der Waals surface area contributed by atoms with E-state index in [4.69, 9.17) is 0 Å². The molecule has 1 rings (SSSR count). The molecule has 64 valence electrons. The summed E-state index contributed by atoms with van der Waals surface area (Å²) in [5.41, 5.74) is 2.61. The molecule has 0 saturated carbocycles. The zero-order valence-corrected chi connectivity index (χ0v) is 6.70. The Labute approximate surface area is 69.7 Å². The van der Waals surface area contributed by atoms with Crippen LogP contribution in [0.15, 0.2) is 17.3 Å². The molecule has 5 heteroatoms. The van der Waals surface area contributed by atoms with Gasteiger partial charge in [0.25, 0.3) is 11.8 Å². The van der Waals surface area contributed by atoms with Crippen LogP contribution in [0.25, 0.3) is 0 Å². The van der Waals surface area contributed by atoms with Crippen LogP contribution in [0.4, 0.5) is 0 Å². The molecule has 0 fully saturated rings. The van der Waals surface area contributed by atoms with Gasteiger partial charge in [-0.05, 0) is 6.92 Å². The van der Waals surface area contributed by atoms with Crippen LogP contribution in [0.5, 0.6) is 0 Å². The SMILES string of the molecule is C=C(C)C(=O)NN1N=CCC1=O. The molecule has 0 bridgehead atoms. The molecular weight excluding hydrogens is 158 g/mol. The second-order valence-corrected chi connectivity index (χ2v) is 2.43. The number of hydrogen-bond donors (Lipinski definition) is 1. The van der Waals surface area contributed by atoms with Crippen LogP contribution in [-0.4, -0.2) is 23.1 Å². The third-order valence-corrected chi connectivity index (χ3v) is 1.29. The summed E-state index contributed by atoms with van der Waals surface area (Å²) < 4.78 is 0. The van der Waals surface area contributed by atoms with Crippen molar-refractivity contribution in [2.75, 3.05) is 0 Å². The van der Waals surface area contributed by atoms with Gasteiger partial charge in [-0.3, -0.25) is 9.59 Å². The molecule has 1 aliphatic heterocycles. The second kappa shape index (κ2) is 3.17. The first-order chi connectivity index (χ1) is 5.61. The van der Waals surface area contributed by atoms with E-state index < -0.39 is 5.91 Å². The van der Waals surface area contributed by atoms with Gasteiger partial charge in [-0.15, -0.1) is 5.12 Å². The summed E-state index contributed by atoms with van der Waals surface area (Å²) in [6.07, 6.45) is 1.66. The van der Waals surface area contributed by atoms with Gasteiger partial charge in [0.15, 0.2) is 0 Å². The van der Waals surface area contributed by atoms with Crippen molar-refractivity contribution in [2.24, 2.45) is 5.10 Å². The number of nitrogens with zero attached hydrogens (tertiary/aromatic N) is 2. The van der Waals surface area contributed by atoms with E-state index >= 15 is 0 Å². The molecule has 0 aliphatic carbocycles. The Morgan fingerprint density at radius 2 is 2.50 bits per heavy atom. The number of carbonyl (C=O) groups is 2. The van der Waals surface area contributed by atoms with Crippen molar-refractivity contribution in [2.45, 2.75) is 13.3 Å². The summed E-state index contributed by atoms with van der Waals surface area (Å²) in [4.78, 5) is 21.9. The number of hydrogen-bond acceptors (Lipinski definition) is 3. The molecule has 0 atom stereocenters. The highest BCUT2D eigenvalue weighted by Crippen LogP contribution is 1.98. The van der Waals surface area contributed by atoms with Crippen LogP contribution in [0.1, 0.15) is 13.3 Å². The van der Waals surface area contributed by atoms with Crippen molar-refractivity contribution in [3.8, 4) is 0 Å². The van der Waals surface area contributed by atoms with Gasteiger partial charge in [-0.25, -0.2) is 5.43 Å². The predicted octanol–water partition coefficient (Wildman–Crippen LogP) is -0.188. The molecular formula is C7H9N3O2. The molecule has 0 aromatic heterocycles. The summed E-state index contributed by atoms with van der Waals surface area (Å²) in [7, 11) is 0. The molecule has 12 heavy (non-hydrogen) atoms.